The van der Waals surface area contributed by atoms with Crippen molar-refractivity contribution >= 4 is 33.7 Å². The Labute approximate surface area is 211 Å². The molecule has 0 aliphatic carbocycles. The van der Waals surface area contributed by atoms with Crippen molar-refractivity contribution in [1.29, 1.82) is 0 Å². The summed E-state index contributed by atoms with van der Waals surface area (Å²) in [6.45, 7) is 2.35. The van der Waals surface area contributed by atoms with E-state index in [0.717, 1.165) is 49.7 Å². The Morgan fingerprint density at radius 2 is 2.00 bits per heavy atom. The summed E-state index contributed by atoms with van der Waals surface area (Å²) >= 11 is 1.33. The first-order valence-corrected chi connectivity index (χ1v) is 12.0. The molecule has 4 heterocycles. The molecule has 0 saturated heterocycles. The maximum atomic E-state index is 13.3. The van der Waals surface area contributed by atoms with E-state index in [-0.39, 0.29) is 5.91 Å². The normalized spacial score (nSPS) is 11.4. The van der Waals surface area contributed by atoms with E-state index in [9.17, 15) is 4.79 Å². The summed E-state index contributed by atoms with van der Waals surface area (Å²) in [4.78, 5) is 19.3. The van der Waals surface area contributed by atoms with Gasteiger partial charge in [-0.25, -0.2) is 10.4 Å². The zero-order valence-corrected chi connectivity index (χ0v) is 20.8. The quantitative estimate of drug-likeness (QED) is 0.237. The lowest BCUT2D eigenvalue weighted by Gasteiger charge is -2.09. The number of nitrogens with one attached hydrogen (secondary N) is 2. The average Bonchev–Trinajstić information content (AvgIpc) is 3.64. The third-order valence-corrected chi connectivity index (χ3v) is 6.70. The highest BCUT2D eigenvalue weighted by Crippen LogP contribution is 2.36. The van der Waals surface area contributed by atoms with Gasteiger partial charge in [-0.1, -0.05) is 0 Å². The van der Waals surface area contributed by atoms with Crippen LogP contribution in [0.25, 0.3) is 27.2 Å². The molecule has 0 unspecified atom stereocenters. The van der Waals surface area contributed by atoms with Gasteiger partial charge in [0.1, 0.15) is 15.5 Å². The van der Waals surface area contributed by atoms with Crippen LogP contribution < -0.4 is 10.2 Å². The van der Waals surface area contributed by atoms with Gasteiger partial charge in [0, 0.05) is 41.7 Å². The zero-order chi connectivity index (χ0) is 25.1. The Bertz CT molecular complexity index is 1530. The fourth-order valence-corrected chi connectivity index (χ4v) is 5.20. The summed E-state index contributed by atoms with van der Waals surface area (Å²) in [5, 5.41) is 12.2. The number of aromatic amines is 1. The van der Waals surface area contributed by atoms with Crippen molar-refractivity contribution in [3.63, 3.8) is 0 Å². The summed E-state index contributed by atoms with van der Waals surface area (Å²) in [5.41, 5.74) is 7.72. The molecule has 5 aromatic rings. The number of aryl methyl sites for hydroxylation is 1. The molecule has 0 fully saturated rings. The second-order valence-corrected chi connectivity index (χ2v) is 9.03. The van der Waals surface area contributed by atoms with E-state index in [1.807, 2.05) is 66.3 Å². The van der Waals surface area contributed by atoms with Gasteiger partial charge in [0.2, 0.25) is 0 Å². The van der Waals surface area contributed by atoms with E-state index in [0.29, 0.717) is 11.5 Å². The number of amides is 1. The first-order chi connectivity index (χ1) is 17.6. The molecule has 9 nitrogen and oxygen atoms in total. The number of methoxy groups -OCH3 is 2. The van der Waals surface area contributed by atoms with E-state index < -0.39 is 0 Å². The molecular formula is C26H24N6O3S. The van der Waals surface area contributed by atoms with Crippen LogP contribution in [0.4, 0.5) is 0 Å². The van der Waals surface area contributed by atoms with Crippen LogP contribution in [0.15, 0.2) is 66.2 Å². The van der Waals surface area contributed by atoms with Crippen LogP contribution in [0.2, 0.25) is 0 Å². The van der Waals surface area contributed by atoms with Crippen LogP contribution in [0, 0.1) is 6.92 Å². The molecule has 182 valence electrons. The van der Waals surface area contributed by atoms with Crippen molar-refractivity contribution in [3.05, 3.63) is 82.8 Å². The Balaban J connectivity index is 1.46. The van der Waals surface area contributed by atoms with Crippen molar-refractivity contribution in [1.82, 2.24) is 25.2 Å². The van der Waals surface area contributed by atoms with Crippen LogP contribution >= 0.6 is 11.3 Å². The molecule has 0 atom stereocenters. The number of aromatic nitrogens is 4. The van der Waals surface area contributed by atoms with Gasteiger partial charge in [0.25, 0.3) is 5.91 Å². The standard InChI is InChI=1S/C26H24N6O3S/c1-16-12-18(15-34-2)21-23(32-10-4-5-11-32)24(36-26(21)29-16)25(33)31-28-14-19-13-27-30-22(19)17-6-8-20(35-3)9-7-17/h4-14H,15H2,1-3H3,(H,27,30)(H,31,33)/b28-14-. The van der Waals surface area contributed by atoms with E-state index in [1.54, 1.807) is 26.6 Å². The monoisotopic (exact) mass is 500 g/mol. The molecule has 10 heteroatoms. The number of nitrogens with zero attached hydrogens (tertiary/aromatic N) is 4. The summed E-state index contributed by atoms with van der Waals surface area (Å²) < 4.78 is 12.6. The topological polar surface area (TPSA) is 106 Å². The van der Waals surface area contributed by atoms with Crippen molar-refractivity contribution in [2.45, 2.75) is 13.5 Å². The molecule has 0 aliphatic heterocycles. The Kier molecular flexibility index (Phi) is 6.61. The van der Waals surface area contributed by atoms with Crippen molar-refractivity contribution in [2.75, 3.05) is 14.2 Å². The van der Waals surface area contributed by atoms with E-state index in [4.69, 9.17) is 9.47 Å². The number of hydrogen-bond donors (Lipinski definition) is 2. The molecule has 1 aromatic carbocycles. The highest BCUT2D eigenvalue weighted by atomic mass is 32.1. The molecular weight excluding hydrogens is 476 g/mol. The summed E-state index contributed by atoms with van der Waals surface area (Å²) in [5.74, 6) is 0.439. The zero-order valence-electron chi connectivity index (χ0n) is 20.0. The molecule has 36 heavy (non-hydrogen) atoms. The van der Waals surface area contributed by atoms with Crippen molar-refractivity contribution in [3.8, 4) is 22.7 Å². The highest BCUT2D eigenvalue weighted by Gasteiger charge is 2.23. The summed E-state index contributed by atoms with van der Waals surface area (Å²) in [6, 6.07) is 13.4. The van der Waals surface area contributed by atoms with Crippen molar-refractivity contribution in [2.24, 2.45) is 5.10 Å². The number of benzene rings is 1. The number of fused-ring (bicyclic) bond motifs is 1. The third-order valence-electron chi connectivity index (χ3n) is 5.63. The fraction of sp³-hybridized carbons (Fsp3) is 0.154. The van der Waals surface area contributed by atoms with Crippen molar-refractivity contribution < 1.29 is 14.3 Å². The molecule has 0 aliphatic rings. The summed E-state index contributed by atoms with van der Waals surface area (Å²) in [6.07, 6.45) is 7.04. The van der Waals surface area contributed by atoms with Gasteiger partial charge in [-0.3, -0.25) is 9.89 Å². The SMILES string of the molecule is COCc1cc(C)nc2sc(C(=O)N/N=C\c3cn[nH]c3-c3ccc(OC)cc3)c(-n3cccc3)c12. The highest BCUT2D eigenvalue weighted by molar-refractivity contribution is 7.21. The second kappa shape index (κ2) is 10.1. The molecule has 5 rings (SSSR count). The lowest BCUT2D eigenvalue weighted by molar-refractivity contribution is 0.0959. The number of pyridine rings is 1. The number of rotatable bonds is 8. The number of carbonyl (C=O) groups excluding carboxylic acids is 1. The Morgan fingerprint density at radius 3 is 2.72 bits per heavy atom. The number of H-pyrrole nitrogens is 1. The van der Waals surface area contributed by atoms with Gasteiger partial charge >= 0.3 is 0 Å². The summed E-state index contributed by atoms with van der Waals surface area (Å²) in [7, 11) is 3.28. The Hall–Kier alpha value is -4.28. The lowest BCUT2D eigenvalue weighted by atomic mass is 10.1. The fourth-order valence-electron chi connectivity index (χ4n) is 4.04. The van der Waals surface area contributed by atoms with Gasteiger partial charge in [-0.05, 0) is 55.0 Å². The molecule has 0 bridgehead atoms. The lowest BCUT2D eigenvalue weighted by Crippen LogP contribution is -2.18. The predicted molar refractivity (Wildman–Crippen MR) is 140 cm³/mol. The Morgan fingerprint density at radius 1 is 1.22 bits per heavy atom. The van der Waals surface area contributed by atoms with Gasteiger partial charge in [0.05, 0.1) is 37.5 Å². The number of thiophene rings is 1. The molecule has 1 amide bonds. The average molecular weight is 501 g/mol. The van der Waals surface area contributed by atoms with Gasteiger partial charge in [-0.2, -0.15) is 10.2 Å². The molecule has 0 spiro atoms. The van der Waals surface area contributed by atoms with Gasteiger partial charge in [0.15, 0.2) is 0 Å². The molecule has 0 saturated carbocycles. The van der Waals surface area contributed by atoms with Gasteiger partial charge in [-0.15, -0.1) is 11.3 Å². The molecule has 2 N–H and O–H groups in total. The molecule has 4 aromatic heterocycles. The minimum atomic E-state index is -0.325. The minimum absolute atomic E-state index is 0.325. The maximum absolute atomic E-state index is 13.3. The van der Waals surface area contributed by atoms with Crippen LogP contribution in [-0.4, -0.2) is 46.1 Å². The number of carbonyl (C=O) groups is 1. The maximum Gasteiger partial charge on any atom is 0.283 e. The minimum Gasteiger partial charge on any atom is -0.497 e. The van der Waals surface area contributed by atoms with Crippen LogP contribution in [0.5, 0.6) is 5.75 Å². The van der Waals surface area contributed by atoms with Gasteiger partial charge < -0.3 is 14.0 Å². The number of hydrazone groups is 1. The molecule has 0 radical (unpaired) electrons. The van der Waals surface area contributed by atoms with E-state index in [1.165, 1.54) is 11.3 Å². The number of ether oxygens (including phenoxy) is 2. The predicted octanol–water partition coefficient (Wildman–Crippen LogP) is 4.70. The van der Waals surface area contributed by atoms with E-state index in [2.05, 4.69) is 25.7 Å². The largest absolute Gasteiger partial charge is 0.497 e. The van der Waals surface area contributed by atoms with E-state index >= 15 is 0 Å². The number of hydrogen-bond acceptors (Lipinski definition) is 7. The first kappa shape index (κ1) is 23.5. The second-order valence-electron chi connectivity index (χ2n) is 8.03. The third kappa shape index (κ3) is 4.51. The first-order valence-electron chi connectivity index (χ1n) is 11.2. The van der Waals surface area contributed by atoms with Crippen LogP contribution in [0.1, 0.15) is 26.5 Å². The van der Waals surface area contributed by atoms with Crippen LogP contribution in [-0.2, 0) is 11.3 Å². The smallest absolute Gasteiger partial charge is 0.283 e. The van der Waals surface area contributed by atoms with Crippen LogP contribution in [0.3, 0.4) is 0 Å².